The number of aromatic nitrogens is 1. The fourth-order valence-electron chi connectivity index (χ4n) is 3.37. The van der Waals surface area contributed by atoms with Crippen molar-refractivity contribution in [1.29, 1.82) is 0 Å². The Morgan fingerprint density at radius 3 is 2.50 bits per heavy atom. The quantitative estimate of drug-likeness (QED) is 0.792. The van der Waals surface area contributed by atoms with E-state index in [1.54, 1.807) is 13.1 Å². The molecule has 1 fully saturated rings. The topological polar surface area (TPSA) is 57.3 Å². The van der Waals surface area contributed by atoms with Crippen LogP contribution in [0.3, 0.4) is 0 Å². The molecule has 1 unspecified atom stereocenters. The molecule has 0 bridgehead atoms. The van der Waals surface area contributed by atoms with Crippen molar-refractivity contribution in [2.45, 2.75) is 45.2 Å². The zero-order valence-corrected chi connectivity index (χ0v) is 16.0. The van der Waals surface area contributed by atoms with E-state index in [1.165, 1.54) is 37.5 Å². The van der Waals surface area contributed by atoms with E-state index >= 15 is 0 Å². The minimum atomic E-state index is -0.603. The van der Waals surface area contributed by atoms with Gasteiger partial charge in [-0.25, -0.2) is 18.6 Å². The predicted octanol–water partition coefficient (Wildman–Crippen LogP) is 3.78. The number of nitrogens with one attached hydrogen (secondary N) is 2. The number of anilines is 1. The number of carbonyl (C=O) groups excluding carboxylic acids is 1. The second kappa shape index (κ2) is 9.48. The van der Waals surface area contributed by atoms with E-state index in [0.29, 0.717) is 6.54 Å². The molecule has 2 N–H and O–H groups in total. The van der Waals surface area contributed by atoms with Crippen LogP contribution in [-0.2, 0) is 13.0 Å². The number of pyridine rings is 1. The molecule has 1 aromatic carbocycles. The maximum atomic E-state index is 13.7. The van der Waals surface area contributed by atoms with Crippen molar-refractivity contribution in [3.63, 3.8) is 0 Å². The Morgan fingerprint density at radius 1 is 1.14 bits per heavy atom. The number of benzene rings is 1. The molecule has 1 aromatic heterocycles. The molecule has 28 heavy (non-hydrogen) atoms. The van der Waals surface area contributed by atoms with Crippen LogP contribution in [0, 0.1) is 11.6 Å². The third-order valence-electron chi connectivity index (χ3n) is 4.89. The third kappa shape index (κ3) is 5.41. The lowest BCUT2D eigenvalue weighted by Gasteiger charge is -2.27. The van der Waals surface area contributed by atoms with Crippen molar-refractivity contribution in [1.82, 2.24) is 15.6 Å². The molecule has 150 valence electrons. The summed E-state index contributed by atoms with van der Waals surface area (Å²) in [6.45, 7) is 4.11. The van der Waals surface area contributed by atoms with Gasteiger partial charge in [-0.2, -0.15) is 0 Å². The van der Waals surface area contributed by atoms with Gasteiger partial charge in [-0.05, 0) is 56.4 Å². The van der Waals surface area contributed by atoms with Crippen LogP contribution in [0.4, 0.5) is 19.4 Å². The minimum Gasteiger partial charge on any atom is -0.357 e. The zero-order chi connectivity index (χ0) is 19.9. The molecule has 2 heterocycles. The van der Waals surface area contributed by atoms with Crippen molar-refractivity contribution in [2.24, 2.45) is 0 Å². The van der Waals surface area contributed by atoms with Crippen LogP contribution in [0.15, 0.2) is 36.5 Å². The summed E-state index contributed by atoms with van der Waals surface area (Å²) in [5, 5.41) is 5.46. The monoisotopic (exact) mass is 388 g/mol. The molecule has 1 aliphatic rings. The van der Waals surface area contributed by atoms with E-state index in [4.69, 9.17) is 0 Å². The van der Waals surface area contributed by atoms with Crippen LogP contribution < -0.4 is 15.5 Å². The molecule has 1 aliphatic heterocycles. The second-order valence-electron chi connectivity index (χ2n) is 7.20. The predicted molar refractivity (Wildman–Crippen MR) is 105 cm³/mol. The molecule has 0 aliphatic carbocycles. The fourth-order valence-corrected chi connectivity index (χ4v) is 3.37. The van der Waals surface area contributed by atoms with Crippen LogP contribution >= 0.6 is 0 Å². The first-order valence-electron chi connectivity index (χ1n) is 9.70. The number of nitrogens with zero attached hydrogens (tertiary/aromatic N) is 2. The molecule has 1 saturated heterocycles. The highest BCUT2D eigenvalue weighted by Gasteiger charge is 2.15. The van der Waals surface area contributed by atoms with Crippen molar-refractivity contribution in [2.75, 3.05) is 18.0 Å². The first-order chi connectivity index (χ1) is 13.5. The summed E-state index contributed by atoms with van der Waals surface area (Å²) in [5.74, 6) is -0.240. The van der Waals surface area contributed by atoms with E-state index < -0.39 is 17.7 Å². The largest absolute Gasteiger partial charge is 0.357 e. The van der Waals surface area contributed by atoms with Gasteiger partial charge >= 0.3 is 6.03 Å². The lowest BCUT2D eigenvalue weighted by Crippen LogP contribution is -2.41. The highest BCUT2D eigenvalue weighted by Crippen LogP contribution is 2.17. The smallest absolute Gasteiger partial charge is 0.315 e. The summed E-state index contributed by atoms with van der Waals surface area (Å²) in [4.78, 5) is 18.8. The Hall–Kier alpha value is -2.70. The number of hydrogen-bond acceptors (Lipinski definition) is 3. The third-order valence-corrected chi connectivity index (χ3v) is 4.89. The molecule has 0 spiro atoms. The van der Waals surface area contributed by atoms with Gasteiger partial charge in [-0.15, -0.1) is 0 Å². The number of halogens is 2. The molecular weight excluding hydrogens is 362 g/mol. The van der Waals surface area contributed by atoms with Gasteiger partial charge in [0, 0.05) is 37.4 Å². The van der Waals surface area contributed by atoms with Gasteiger partial charge in [0.2, 0.25) is 0 Å². The summed E-state index contributed by atoms with van der Waals surface area (Å²) in [7, 11) is 0. The van der Waals surface area contributed by atoms with Gasteiger partial charge in [0.1, 0.15) is 17.5 Å². The zero-order valence-electron chi connectivity index (χ0n) is 16.0. The minimum absolute atomic E-state index is 0.0206. The van der Waals surface area contributed by atoms with Crippen LogP contribution in [0.2, 0.25) is 0 Å². The average molecular weight is 388 g/mol. The molecule has 7 heteroatoms. The number of urea groups is 1. The van der Waals surface area contributed by atoms with Crippen LogP contribution in [-0.4, -0.2) is 30.1 Å². The molecule has 0 saturated carbocycles. The number of piperidine rings is 1. The number of carbonyl (C=O) groups is 1. The molecule has 3 rings (SSSR count). The molecule has 2 aromatic rings. The first kappa shape index (κ1) is 20.0. The van der Waals surface area contributed by atoms with Crippen molar-refractivity contribution in [3.8, 4) is 0 Å². The van der Waals surface area contributed by atoms with E-state index in [-0.39, 0.29) is 18.0 Å². The Balaban J connectivity index is 1.46. The first-order valence-corrected chi connectivity index (χ1v) is 9.70. The van der Waals surface area contributed by atoms with Gasteiger partial charge in [0.05, 0.1) is 0 Å². The number of rotatable bonds is 6. The van der Waals surface area contributed by atoms with Crippen molar-refractivity contribution in [3.05, 3.63) is 59.3 Å². The molecule has 5 nitrogen and oxygen atoms in total. The molecule has 1 atom stereocenters. The highest BCUT2D eigenvalue weighted by atomic mass is 19.1. The fraction of sp³-hybridized carbons (Fsp3) is 0.429. The molecule has 2 amide bonds. The summed E-state index contributed by atoms with van der Waals surface area (Å²) in [6, 6.07) is 6.88. The van der Waals surface area contributed by atoms with Gasteiger partial charge < -0.3 is 15.5 Å². The van der Waals surface area contributed by atoms with E-state index in [9.17, 15) is 13.6 Å². The highest BCUT2D eigenvalue weighted by molar-refractivity contribution is 5.74. The van der Waals surface area contributed by atoms with Crippen LogP contribution in [0.25, 0.3) is 0 Å². The van der Waals surface area contributed by atoms with E-state index in [0.717, 1.165) is 24.5 Å². The van der Waals surface area contributed by atoms with Gasteiger partial charge in [-0.1, -0.05) is 12.1 Å². The summed E-state index contributed by atoms with van der Waals surface area (Å²) >= 11 is 0. The van der Waals surface area contributed by atoms with Crippen LogP contribution in [0.5, 0.6) is 0 Å². The van der Waals surface area contributed by atoms with Crippen molar-refractivity contribution < 1.29 is 13.6 Å². The summed E-state index contributed by atoms with van der Waals surface area (Å²) < 4.78 is 27.4. The van der Waals surface area contributed by atoms with E-state index in [1.807, 2.05) is 12.1 Å². The average Bonchev–Trinajstić information content (AvgIpc) is 2.70. The Labute approximate surface area is 164 Å². The summed E-state index contributed by atoms with van der Waals surface area (Å²) in [5.41, 5.74) is 0.872. The molecular formula is C21H26F2N4O. The van der Waals surface area contributed by atoms with Gasteiger partial charge in [0.15, 0.2) is 0 Å². The maximum absolute atomic E-state index is 13.7. The Morgan fingerprint density at radius 2 is 1.86 bits per heavy atom. The Kier molecular flexibility index (Phi) is 6.79. The van der Waals surface area contributed by atoms with Gasteiger partial charge in [-0.3, -0.25) is 0 Å². The normalized spacial score (nSPS) is 15.2. The lowest BCUT2D eigenvalue weighted by atomic mass is 10.1. The van der Waals surface area contributed by atoms with Gasteiger partial charge in [0.25, 0.3) is 0 Å². The van der Waals surface area contributed by atoms with Crippen molar-refractivity contribution >= 4 is 11.8 Å². The summed E-state index contributed by atoms with van der Waals surface area (Å²) in [6.07, 6.45) is 5.51. The molecule has 0 radical (unpaired) electrons. The Bertz CT molecular complexity index is 771. The second-order valence-corrected chi connectivity index (χ2v) is 7.20. The number of amides is 2. The standard InChI is InChI=1S/C21H26F2N4O/c1-15(12-17-18(22)6-5-7-19(17)23)26-21(28)25-14-16-8-9-20(24-13-16)27-10-3-2-4-11-27/h5-9,13,15H,2-4,10-12,14H2,1H3,(H2,25,26,28). The number of hydrogen-bond donors (Lipinski definition) is 2. The maximum Gasteiger partial charge on any atom is 0.315 e. The van der Waals surface area contributed by atoms with Crippen LogP contribution in [0.1, 0.15) is 37.3 Å². The van der Waals surface area contributed by atoms with E-state index in [2.05, 4.69) is 20.5 Å². The SMILES string of the molecule is CC(Cc1c(F)cccc1F)NC(=O)NCc1ccc(N2CCCCC2)nc1. The lowest BCUT2D eigenvalue weighted by molar-refractivity contribution is 0.237.